The Morgan fingerprint density at radius 2 is 2.11 bits per heavy atom. The van der Waals surface area contributed by atoms with Crippen molar-refractivity contribution >= 4 is 5.91 Å². The van der Waals surface area contributed by atoms with Crippen molar-refractivity contribution in [1.82, 2.24) is 24.4 Å². The van der Waals surface area contributed by atoms with Gasteiger partial charge in [0.05, 0.1) is 12.2 Å². The van der Waals surface area contributed by atoms with Gasteiger partial charge in [0.15, 0.2) is 0 Å². The highest BCUT2D eigenvalue weighted by molar-refractivity contribution is 5.93. The molecule has 1 aliphatic rings. The van der Waals surface area contributed by atoms with Crippen molar-refractivity contribution in [3.05, 3.63) is 82.6 Å². The molecule has 1 atom stereocenters. The number of aromatic amines is 1. The van der Waals surface area contributed by atoms with Crippen LogP contribution in [0.2, 0.25) is 0 Å². The zero-order valence-corrected chi connectivity index (χ0v) is 14.9. The number of aromatic nitrogens is 4. The molecule has 1 unspecified atom stereocenters. The SMILES string of the molecule is O=C(c1ccc[nH]c1=O)N1CCCC(c2nccn2Cc2ccccn2)C1. The van der Waals surface area contributed by atoms with Gasteiger partial charge in [-0.3, -0.25) is 14.6 Å². The number of carbonyl (C=O) groups excluding carboxylic acids is 1. The maximum atomic E-state index is 12.8. The molecule has 4 heterocycles. The number of H-pyrrole nitrogens is 1. The van der Waals surface area contributed by atoms with Crippen LogP contribution >= 0.6 is 0 Å². The molecule has 7 heteroatoms. The molecule has 3 aromatic rings. The number of hydrogen-bond acceptors (Lipinski definition) is 4. The molecular weight excluding hydrogens is 342 g/mol. The molecule has 0 saturated carbocycles. The number of amides is 1. The molecule has 138 valence electrons. The first-order valence-corrected chi connectivity index (χ1v) is 9.10. The van der Waals surface area contributed by atoms with Crippen LogP contribution in [0.3, 0.4) is 0 Å². The van der Waals surface area contributed by atoms with E-state index in [1.165, 1.54) is 6.20 Å². The number of nitrogens with zero attached hydrogens (tertiary/aromatic N) is 4. The second kappa shape index (κ2) is 7.57. The van der Waals surface area contributed by atoms with Crippen molar-refractivity contribution in [2.75, 3.05) is 13.1 Å². The lowest BCUT2D eigenvalue weighted by Gasteiger charge is -2.32. The van der Waals surface area contributed by atoms with Gasteiger partial charge in [0, 0.05) is 43.8 Å². The Hall–Kier alpha value is -3.22. The zero-order chi connectivity index (χ0) is 18.6. The van der Waals surface area contributed by atoms with Crippen LogP contribution in [0, 0.1) is 0 Å². The number of imidazole rings is 1. The zero-order valence-electron chi connectivity index (χ0n) is 14.9. The Morgan fingerprint density at radius 1 is 1.19 bits per heavy atom. The highest BCUT2D eigenvalue weighted by Gasteiger charge is 2.29. The fourth-order valence-corrected chi connectivity index (χ4v) is 3.61. The number of piperidine rings is 1. The average Bonchev–Trinajstić information content (AvgIpc) is 3.17. The maximum Gasteiger partial charge on any atom is 0.260 e. The Balaban J connectivity index is 1.52. The lowest BCUT2D eigenvalue weighted by Crippen LogP contribution is -2.41. The third kappa shape index (κ3) is 3.67. The second-order valence-electron chi connectivity index (χ2n) is 6.74. The maximum absolute atomic E-state index is 12.8. The third-order valence-electron chi connectivity index (χ3n) is 4.93. The predicted molar refractivity (Wildman–Crippen MR) is 101 cm³/mol. The van der Waals surface area contributed by atoms with Crippen LogP contribution in [-0.2, 0) is 6.54 Å². The molecule has 0 spiro atoms. The Morgan fingerprint density at radius 3 is 2.93 bits per heavy atom. The number of pyridine rings is 2. The summed E-state index contributed by atoms with van der Waals surface area (Å²) in [6.07, 6.45) is 8.91. The first-order valence-electron chi connectivity index (χ1n) is 9.10. The van der Waals surface area contributed by atoms with Crippen molar-refractivity contribution < 1.29 is 4.79 Å². The van der Waals surface area contributed by atoms with E-state index < -0.39 is 0 Å². The van der Waals surface area contributed by atoms with Crippen LogP contribution in [0.15, 0.2) is 59.9 Å². The number of nitrogens with one attached hydrogen (secondary N) is 1. The summed E-state index contributed by atoms with van der Waals surface area (Å²) in [5.74, 6) is 0.883. The van der Waals surface area contributed by atoms with Crippen molar-refractivity contribution in [3.63, 3.8) is 0 Å². The van der Waals surface area contributed by atoms with E-state index in [1.54, 1.807) is 29.4 Å². The average molecular weight is 363 g/mol. The van der Waals surface area contributed by atoms with Gasteiger partial charge in [-0.2, -0.15) is 0 Å². The predicted octanol–water partition coefficient (Wildman–Crippen LogP) is 2.03. The van der Waals surface area contributed by atoms with Crippen molar-refractivity contribution in [2.45, 2.75) is 25.3 Å². The number of rotatable bonds is 4. The normalized spacial score (nSPS) is 17.0. The van der Waals surface area contributed by atoms with Crippen molar-refractivity contribution in [1.29, 1.82) is 0 Å². The van der Waals surface area contributed by atoms with Crippen molar-refractivity contribution in [3.8, 4) is 0 Å². The highest BCUT2D eigenvalue weighted by atomic mass is 16.2. The van der Waals surface area contributed by atoms with Gasteiger partial charge in [0.1, 0.15) is 11.4 Å². The Bertz CT molecular complexity index is 979. The van der Waals surface area contributed by atoms with Crippen LogP contribution in [0.1, 0.15) is 40.6 Å². The second-order valence-corrected chi connectivity index (χ2v) is 6.74. The van der Waals surface area contributed by atoms with Gasteiger partial charge in [0.2, 0.25) is 0 Å². The van der Waals surface area contributed by atoms with Crippen LogP contribution in [-0.4, -0.2) is 43.4 Å². The van der Waals surface area contributed by atoms with Crippen LogP contribution < -0.4 is 5.56 Å². The highest BCUT2D eigenvalue weighted by Crippen LogP contribution is 2.27. The molecule has 1 fully saturated rings. The number of carbonyl (C=O) groups is 1. The van der Waals surface area contributed by atoms with Gasteiger partial charge in [-0.25, -0.2) is 4.98 Å². The summed E-state index contributed by atoms with van der Waals surface area (Å²) in [4.78, 5) is 38.0. The largest absolute Gasteiger partial charge is 0.338 e. The van der Waals surface area contributed by atoms with E-state index in [4.69, 9.17) is 0 Å². The van der Waals surface area contributed by atoms with Crippen molar-refractivity contribution in [2.24, 2.45) is 0 Å². The first-order chi connectivity index (χ1) is 13.2. The van der Waals surface area contributed by atoms with E-state index in [2.05, 4.69) is 19.5 Å². The lowest BCUT2D eigenvalue weighted by molar-refractivity contribution is 0.0701. The summed E-state index contributed by atoms with van der Waals surface area (Å²) in [5, 5.41) is 0. The van der Waals surface area contributed by atoms with Crippen LogP contribution in [0.5, 0.6) is 0 Å². The smallest absolute Gasteiger partial charge is 0.260 e. The quantitative estimate of drug-likeness (QED) is 0.769. The molecule has 7 nitrogen and oxygen atoms in total. The lowest BCUT2D eigenvalue weighted by atomic mass is 9.96. The summed E-state index contributed by atoms with van der Waals surface area (Å²) in [6.45, 7) is 1.87. The molecule has 0 radical (unpaired) electrons. The van der Waals surface area contributed by atoms with Gasteiger partial charge < -0.3 is 14.5 Å². The minimum absolute atomic E-state index is 0.143. The van der Waals surface area contributed by atoms with E-state index in [-0.39, 0.29) is 22.9 Å². The monoisotopic (exact) mass is 363 g/mol. The summed E-state index contributed by atoms with van der Waals surface area (Å²) in [7, 11) is 0. The molecule has 1 saturated heterocycles. The number of likely N-dealkylation sites (tertiary alicyclic amines) is 1. The molecule has 1 amide bonds. The Kier molecular flexibility index (Phi) is 4.82. The molecule has 0 bridgehead atoms. The standard InChI is InChI=1S/C20H21N5O2/c26-19-17(7-3-9-23-19)20(27)25-11-4-5-15(13-25)18-22-10-12-24(18)14-16-6-1-2-8-21-16/h1-3,6-10,12,15H,4-5,11,13-14H2,(H,23,26). The summed E-state index contributed by atoms with van der Waals surface area (Å²) >= 11 is 0. The minimum Gasteiger partial charge on any atom is -0.338 e. The molecule has 1 aliphatic heterocycles. The fraction of sp³-hybridized carbons (Fsp3) is 0.300. The molecule has 3 aromatic heterocycles. The molecule has 1 N–H and O–H groups in total. The Labute approximate surface area is 156 Å². The van der Waals surface area contributed by atoms with E-state index in [1.807, 2.05) is 24.4 Å². The molecule has 0 aliphatic carbocycles. The minimum atomic E-state index is -0.346. The van der Waals surface area contributed by atoms with E-state index in [9.17, 15) is 9.59 Å². The molecule has 4 rings (SSSR count). The van der Waals surface area contributed by atoms with Gasteiger partial charge in [-0.05, 0) is 37.1 Å². The van der Waals surface area contributed by atoms with E-state index >= 15 is 0 Å². The molecular formula is C20H21N5O2. The van der Waals surface area contributed by atoms with Gasteiger partial charge in [-0.1, -0.05) is 6.07 Å². The van der Waals surface area contributed by atoms with E-state index in [0.717, 1.165) is 24.4 Å². The fourth-order valence-electron chi connectivity index (χ4n) is 3.61. The first kappa shape index (κ1) is 17.2. The van der Waals surface area contributed by atoms with Gasteiger partial charge in [-0.15, -0.1) is 0 Å². The summed E-state index contributed by atoms with van der Waals surface area (Å²) < 4.78 is 2.09. The molecule has 27 heavy (non-hydrogen) atoms. The van der Waals surface area contributed by atoms with Crippen LogP contribution in [0.25, 0.3) is 0 Å². The molecule has 0 aromatic carbocycles. The van der Waals surface area contributed by atoms with Gasteiger partial charge >= 0.3 is 0 Å². The topological polar surface area (TPSA) is 83.9 Å². The van der Waals surface area contributed by atoms with E-state index in [0.29, 0.717) is 19.6 Å². The van der Waals surface area contributed by atoms with Gasteiger partial charge in [0.25, 0.3) is 11.5 Å². The van der Waals surface area contributed by atoms with Crippen LogP contribution in [0.4, 0.5) is 0 Å². The summed E-state index contributed by atoms with van der Waals surface area (Å²) in [5.41, 5.74) is 0.813. The third-order valence-corrected chi connectivity index (χ3v) is 4.93. The number of hydrogen-bond donors (Lipinski definition) is 1. The summed E-state index contributed by atoms with van der Waals surface area (Å²) in [6, 6.07) is 9.11.